The minimum absolute atomic E-state index is 0.0350. The molecule has 9 heteroatoms. The predicted octanol–water partition coefficient (Wildman–Crippen LogP) is 5.19. The first-order valence-electron chi connectivity index (χ1n) is 14.9. The van der Waals surface area contributed by atoms with Crippen molar-refractivity contribution in [2.45, 2.75) is 51.7 Å². The molecule has 0 spiro atoms. The minimum atomic E-state index is -1.65. The van der Waals surface area contributed by atoms with Gasteiger partial charge in [-0.2, -0.15) is 0 Å². The molecule has 2 amide bonds. The van der Waals surface area contributed by atoms with E-state index in [0.717, 1.165) is 23.5 Å². The minimum Gasteiger partial charge on any atom is -0.453 e. The summed E-state index contributed by atoms with van der Waals surface area (Å²) in [5, 5.41) is 9.21. The number of allylic oxidation sites excluding steroid dienone is 1. The molecular formula is C36H37NO8. The quantitative estimate of drug-likeness (QED) is 0.150. The molecule has 4 rings (SSSR count). The van der Waals surface area contributed by atoms with Gasteiger partial charge >= 0.3 is 12.1 Å². The van der Waals surface area contributed by atoms with Gasteiger partial charge in [0.2, 0.25) is 5.91 Å². The lowest BCUT2D eigenvalue weighted by Crippen LogP contribution is -2.47. The van der Waals surface area contributed by atoms with Crippen molar-refractivity contribution in [3.8, 4) is 0 Å². The van der Waals surface area contributed by atoms with Gasteiger partial charge in [0.15, 0.2) is 17.7 Å². The van der Waals surface area contributed by atoms with Gasteiger partial charge in [0, 0.05) is 25.5 Å². The van der Waals surface area contributed by atoms with Crippen LogP contribution in [0.1, 0.15) is 54.5 Å². The number of nitrogens with zero attached hydrogens (tertiary/aromatic N) is 1. The second-order valence-corrected chi connectivity index (χ2v) is 11.0. The monoisotopic (exact) mass is 611 g/mol. The maximum atomic E-state index is 14.4. The number of hydrogen-bond donors (Lipinski definition) is 1. The molecule has 0 aliphatic carbocycles. The van der Waals surface area contributed by atoms with E-state index in [2.05, 4.69) is 0 Å². The van der Waals surface area contributed by atoms with Crippen molar-refractivity contribution in [2.24, 2.45) is 5.92 Å². The van der Waals surface area contributed by atoms with Crippen molar-refractivity contribution in [1.29, 1.82) is 0 Å². The summed E-state index contributed by atoms with van der Waals surface area (Å²) in [6.07, 6.45) is -0.512. The summed E-state index contributed by atoms with van der Waals surface area (Å²) in [4.78, 5) is 68.3. The fourth-order valence-corrected chi connectivity index (χ4v) is 5.37. The van der Waals surface area contributed by atoms with Gasteiger partial charge in [0.1, 0.15) is 12.6 Å². The Balaban J connectivity index is 1.79. The average Bonchev–Trinajstić information content (AvgIpc) is 3.43. The zero-order chi connectivity index (χ0) is 32.3. The van der Waals surface area contributed by atoms with Crippen LogP contribution in [0.3, 0.4) is 0 Å². The fourth-order valence-electron chi connectivity index (χ4n) is 5.37. The number of hydrogen-bond acceptors (Lipinski definition) is 8. The maximum Gasteiger partial charge on any atom is 0.417 e. The Morgan fingerprint density at radius 3 is 2.31 bits per heavy atom. The SMILES string of the molecule is CC(=O)O[C@@H](C(=O)C=C(C(=O)CCCCO)c1cccc(C)c1)[C@@H](Cc1ccccc1)C(=O)N1C(=O)OC[C@H]1c1ccccc1. The van der Waals surface area contributed by atoms with Gasteiger partial charge in [-0.25, -0.2) is 9.69 Å². The van der Waals surface area contributed by atoms with Gasteiger partial charge in [-0.1, -0.05) is 90.5 Å². The number of amides is 2. The number of carbonyl (C=O) groups is 5. The molecule has 1 aliphatic heterocycles. The largest absolute Gasteiger partial charge is 0.453 e. The lowest BCUT2D eigenvalue weighted by Gasteiger charge is -2.29. The highest BCUT2D eigenvalue weighted by molar-refractivity contribution is 6.25. The van der Waals surface area contributed by atoms with E-state index in [1.54, 1.807) is 72.8 Å². The summed E-state index contributed by atoms with van der Waals surface area (Å²) in [5.74, 6) is -3.96. The Hall–Kier alpha value is -4.89. The number of esters is 1. The number of rotatable bonds is 14. The number of benzene rings is 3. The maximum absolute atomic E-state index is 14.4. The smallest absolute Gasteiger partial charge is 0.417 e. The number of unbranched alkanes of at least 4 members (excludes halogenated alkanes) is 1. The first-order chi connectivity index (χ1) is 21.7. The van der Waals surface area contributed by atoms with E-state index in [-0.39, 0.29) is 37.4 Å². The van der Waals surface area contributed by atoms with Crippen LogP contribution in [0.4, 0.5) is 4.79 Å². The Labute approximate surface area is 262 Å². The summed E-state index contributed by atoms with van der Waals surface area (Å²) in [6, 6.07) is 24.1. The van der Waals surface area contributed by atoms with E-state index < -0.39 is 41.8 Å². The molecule has 9 nitrogen and oxygen atoms in total. The molecule has 0 aromatic heterocycles. The van der Waals surface area contributed by atoms with Crippen LogP contribution < -0.4 is 0 Å². The lowest BCUT2D eigenvalue weighted by molar-refractivity contribution is -0.158. The molecule has 0 radical (unpaired) electrons. The molecule has 1 N–H and O–H groups in total. The third-order valence-electron chi connectivity index (χ3n) is 7.58. The van der Waals surface area contributed by atoms with Crippen LogP contribution in [0.5, 0.6) is 0 Å². The second kappa shape index (κ2) is 15.7. The van der Waals surface area contributed by atoms with Crippen LogP contribution in [-0.4, -0.2) is 58.9 Å². The van der Waals surface area contributed by atoms with Crippen molar-refractivity contribution in [3.05, 3.63) is 113 Å². The number of aliphatic hydroxyl groups excluding tert-OH is 1. The molecule has 3 aromatic carbocycles. The Morgan fingerprint density at radius 2 is 1.67 bits per heavy atom. The highest BCUT2D eigenvalue weighted by Gasteiger charge is 2.46. The summed E-state index contributed by atoms with van der Waals surface area (Å²) in [6.45, 7) is 2.84. The summed E-state index contributed by atoms with van der Waals surface area (Å²) in [7, 11) is 0. The van der Waals surface area contributed by atoms with Crippen molar-refractivity contribution in [1.82, 2.24) is 4.90 Å². The number of imide groups is 1. The molecule has 0 bridgehead atoms. The van der Waals surface area contributed by atoms with Crippen LogP contribution in [0.25, 0.3) is 5.57 Å². The third-order valence-corrected chi connectivity index (χ3v) is 7.58. The zero-order valence-corrected chi connectivity index (χ0v) is 25.4. The van der Waals surface area contributed by atoms with E-state index in [1.165, 1.54) is 0 Å². The van der Waals surface area contributed by atoms with Gasteiger partial charge in [-0.3, -0.25) is 19.2 Å². The Morgan fingerprint density at radius 1 is 0.978 bits per heavy atom. The number of cyclic esters (lactones) is 1. The molecule has 234 valence electrons. The third kappa shape index (κ3) is 8.61. The van der Waals surface area contributed by atoms with Gasteiger partial charge in [0.05, 0.1) is 5.92 Å². The molecule has 1 heterocycles. The van der Waals surface area contributed by atoms with Crippen LogP contribution in [-0.2, 0) is 35.1 Å². The number of Topliss-reactive ketones (excluding diaryl/α,β-unsaturated/α-hetero) is 1. The molecular weight excluding hydrogens is 574 g/mol. The van der Waals surface area contributed by atoms with E-state index in [1.807, 2.05) is 19.1 Å². The molecule has 45 heavy (non-hydrogen) atoms. The highest BCUT2D eigenvalue weighted by atomic mass is 16.6. The molecule has 1 saturated heterocycles. The normalized spacial score (nSPS) is 16.1. The van der Waals surface area contributed by atoms with Gasteiger partial charge in [-0.15, -0.1) is 0 Å². The number of aliphatic hydroxyl groups is 1. The molecule has 3 aromatic rings. The Kier molecular flexibility index (Phi) is 11.5. The fraction of sp³-hybridized carbons (Fsp3) is 0.306. The molecule has 0 unspecified atom stereocenters. The Bertz CT molecular complexity index is 1550. The number of ether oxygens (including phenoxy) is 2. The van der Waals surface area contributed by atoms with Crippen molar-refractivity contribution in [3.63, 3.8) is 0 Å². The standard InChI is InChI=1S/C36H37NO8/c1-24-12-11-17-28(20-24)29(32(40)18-9-10-19-38)22-33(41)34(45-25(2)39)30(21-26-13-5-3-6-14-26)35(42)37-31(23-44-36(37)43)27-15-7-4-8-16-27/h3-8,11-17,20,22,30-31,34,38H,9-10,18-19,21,23H2,1-2H3/t30-,31+,34-/m1/s1. The van der Waals surface area contributed by atoms with E-state index in [9.17, 15) is 29.1 Å². The van der Waals surface area contributed by atoms with Crippen molar-refractivity contribution in [2.75, 3.05) is 13.2 Å². The van der Waals surface area contributed by atoms with E-state index in [0.29, 0.717) is 29.5 Å². The number of ketones is 2. The van der Waals surface area contributed by atoms with Crippen LogP contribution >= 0.6 is 0 Å². The molecule has 3 atom stereocenters. The lowest BCUT2D eigenvalue weighted by atomic mass is 9.87. The topological polar surface area (TPSA) is 127 Å². The van der Waals surface area contributed by atoms with E-state index in [4.69, 9.17) is 9.47 Å². The highest BCUT2D eigenvalue weighted by Crippen LogP contribution is 2.32. The molecule has 1 fully saturated rings. The van der Waals surface area contributed by atoms with E-state index >= 15 is 0 Å². The summed E-state index contributed by atoms with van der Waals surface area (Å²) < 4.78 is 10.9. The van der Waals surface area contributed by atoms with Crippen LogP contribution in [0.15, 0.2) is 91.0 Å². The molecule has 1 aliphatic rings. The van der Waals surface area contributed by atoms with Gasteiger partial charge < -0.3 is 14.6 Å². The first kappa shape index (κ1) is 33.0. The predicted molar refractivity (Wildman–Crippen MR) is 167 cm³/mol. The summed E-state index contributed by atoms with van der Waals surface area (Å²) >= 11 is 0. The number of aryl methyl sites for hydroxylation is 1. The first-order valence-corrected chi connectivity index (χ1v) is 14.9. The molecule has 0 saturated carbocycles. The van der Waals surface area contributed by atoms with Crippen LogP contribution in [0.2, 0.25) is 0 Å². The number of carbonyl (C=O) groups excluding carboxylic acids is 5. The van der Waals surface area contributed by atoms with Gasteiger partial charge in [-0.05, 0) is 49.0 Å². The van der Waals surface area contributed by atoms with Crippen molar-refractivity contribution >= 4 is 35.1 Å². The zero-order valence-electron chi connectivity index (χ0n) is 25.4. The average molecular weight is 612 g/mol. The second-order valence-electron chi connectivity index (χ2n) is 11.0. The van der Waals surface area contributed by atoms with Crippen molar-refractivity contribution < 1.29 is 38.6 Å². The van der Waals surface area contributed by atoms with Crippen LogP contribution in [0, 0.1) is 12.8 Å². The van der Waals surface area contributed by atoms with Gasteiger partial charge in [0.25, 0.3) is 0 Å². The summed E-state index contributed by atoms with van der Waals surface area (Å²) in [5.41, 5.74) is 2.81.